The molecular formula is C15H16N6. The van der Waals surface area contributed by atoms with Gasteiger partial charge in [0.2, 0.25) is 5.95 Å². The van der Waals surface area contributed by atoms with Gasteiger partial charge in [-0.1, -0.05) is 6.08 Å². The smallest absolute Gasteiger partial charge is 0.224 e. The highest BCUT2D eigenvalue weighted by Gasteiger charge is 2.08. The van der Waals surface area contributed by atoms with Gasteiger partial charge in [0.25, 0.3) is 0 Å². The van der Waals surface area contributed by atoms with Crippen LogP contribution in [0.4, 0.5) is 11.8 Å². The molecule has 0 amide bonds. The van der Waals surface area contributed by atoms with Gasteiger partial charge in [-0.3, -0.25) is 0 Å². The number of fused-ring (bicyclic) bond motifs is 1. The maximum absolute atomic E-state index is 4.38. The standard InChI is InChI=1S/C15H16N6/c1-3-6-17-13-5-4-10(7-18-13)11-8-19-14-12(11)9-20-15(16-2)21-14/h3-9H,1-2H3,(H,17,18)(H2,16,19,20,21)/b6-3+. The van der Waals surface area contributed by atoms with Gasteiger partial charge in [0, 0.05) is 42.2 Å². The lowest BCUT2D eigenvalue weighted by Crippen LogP contribution is -1.95. The predicted octanol–water partition coefficient (Wildman–Crippen LogP) is 3.01. The number of pyridine rings is 1. The van der Waals surface area contributed by atoms with Crippen molar-refractivity contribution in [2.45, 2.75) is 6.92 Å². The van der Waals surface area contributed by atoms with Crippen LogP contribution in [0.15, 0.2) is 43.0 Å². The molecule has 0 unspecified atom stereocenters. The summed E-state index contributed by atoms with van der Waals surface area (Å²) in [6, 6.07) is 3.96. The van der Waals surface area contributed by atoms with E-state index in [-0.39, 0.29) is 0 Å². The molecule has 6 nitrogen and oxygen atoms in total. The Labute approximate surface area is 122 Å². The summed E-state index contributed by atoms with van der Waals surface area (Å²) in [6.45, 7) is 1.95. The van der Waals surface area contributed by atoms with E-state index in [2.05, 4.69) is 30.6 Å². The molecule has 21 heavy (non-hydrogen) atoms. The van der Waals surface area contributed by atoms with Crippen molar-refractivity contribution in [3.05, 3.63) is 43.0 Å². The summed E-state index contributed by atoms with van der Waals surface area (Å²) >= 11 is 0. The molecule has 0 atom stereocenters. The van der Waals surface area contributed by atoms with Gasteiger partial charge in [-0.25, -0.2) is 9.97 Å². The van der Waals surface area contributed by atoms with Crippen LogP contribution >= 0.6 is 0 Å². The first-order valence-corrected chi connectivity index (χ1v) is 6.68. The zero-order valence-electron chi connectivity index (χ0n) is 11.9. The van der Waals surface area contributed by atoms with E-state index in [0.29, 0.717) is 5.95 Å². The number of H-pyrrole nitrogens is 1. The fourth-order valence-corrected chi connectivity index (χ4v) is 2.07. The van der Waals surface area contributed by atoms with Crippen LogP contribution < -0.4 is 10.6 Å². The molecule has 6 heteroatoms. The number of nitrogens with zero attached hydrogens (tertiary/aromatic N) is 3. The molecule has 3 heterocycles. The van der Waals surface area contributed by atoms with Crippen molar-refractivity contribution in [3.8, 4) is 11.1 Å². The molecule has 0 fully saturated rings. The summed E-state index contributed by atoms with van der Waals surface area (Å²) in [5, 5.41) is 6.99. The molecule has 0 bridgehead atoms. The van der Waals surface area contributed by atoms with Crippen molar-refractivity contribution in [2.24, 2.45) is 0 Å². The molecule has 3 aromatic rings. The number of rotatable bonds is 4. The van der Waals surface area contributed by atoms with Crippen LogP contribution in [0.2, 0.25) is 0 Å². The van der Waals surface area contributed by atoms with Crippen molar-refractivity contribution in [1.29, 1.82) is 0 Å². The van der Waals surface area contributed by atoms with E-state index >= 15 is 0 Å². The molecule has 3 rings (SSSR count). The zero-order valence-corrected chi connectivity index (χ0v) is 11.9. The normalized spacial score (nSPS) is 11.1. The highest BCUT2D eigenvalue weighted by molar-refractivity contribution is 5.93. The summed E-state index contributed by atoms with van der Waals surface area (Å²) in [6.07, 6.45) is 9.34. The summed E-state index contributed by atoms with van der Waals surface area (Å²) in [7, 11) is 1.80. The molecule has 3 aromatic heterocycles. The molecule has 0 aliphatic carbocycles. The van der Waals surface area contributed by atoms with E-state index in [1.165, 1.54) is 0 Å². The van der Waals surface area contributed by atoms with E-state index in [0.717, 1.165) is 28.0 Å². The Hall–Kier alpha value is -2.89. The molecule has 0 radical (unpaired) electrons. The molecule has 0 aliphatic heterocycles. The van der Waals surface area contributed by atoms with E-state index in [4.69, 9.17) is 0 Å². The van der Waals surface area contributed by atoms with Crippen molar-refractivity contribution >= 4 is 22.8 Å². The van der Waals surface area contributed by atoms with Crippen molar-refractivity contribution in [3.63, 3.8) is 0 Å². The van der Waals surface area contributed by atoms with Crippen LogP contribution in [0.5, 0.6) is 0 Å². The first-order chi connectivity index (χ1) is 10.3. The quantitative estimate of drug-likeness (QED) is 0.684. The van der Waals surface area contributed by atoms with Gasteiger partial charge in [-0.2, -0.15) is 4.98 Å². The third-order valence-electron chi connectivity index (χ3n) is 3.13. The lowest BCUT2D eigenvalue weighted by Gasteiger charge is -2.02. The average Bonchev–Trinajstić information content (AvgIpc) is 2.96. The Bertz CT molecular complexity index is 772. The van der Waals surface area contributed by atoms with Gasteiger partial charge in [0.05, 0.1) is 0 Å². The van der Waals surface area contributed by atoms with Crippen molar-refractivity contribution in [1.82, 2.24) is 19.9 Å². The van der Waals surface area contributed by atoms with Gasteiger partial charge in [0.1, 0.15) is 11.5 Å². The fraction of sp³-hybridized carbons (Fsp3) is 0.133. The van der Waals surface area contributed by atoms with Gasteiger partial charge in [0.15, 0.2) is 0 Å². The first-order valence-electron chi connectivity index (χ1n) is 6.68. The third-order valence-corrected chi connectivity index (χ3v) is 3.13. The Morgan fingerprint density at radius 3 is 2.81 bits per heavy atom. The molecule has 0 saturated carbocycles. The topological polar surface area (TPSA) is 78.5 Å². The Kier molecular flexibility index (Phi) is 3.51. The number of hydrogen-bond donors (Lipinski definition) is 3. The number of aromatic amines is 1. The lowest BCUT2D eigenvalue weighted by molar-refractivity contribution is 1.18. The molecule has 106 valence electrons. The van der Waals surface area contributed by atoms with E-state index in [1.807, 2.05) is 49.9 Å². The fourth-order valence-electron chi connectivity index (χ4n) is 2.07. The van der Waals surface area contributed by atoms with Gasteiger partial charge >= 0.3 is 0 Å². The minimum atomic E-state index is 0.597. The first kappa shape index (κ1) is 13.1. The Balaban J connectivity index is 1.96. The minimum absolute atomic E-state index is 0.597. The van der Waals surface area contributed by atoms with Crippen LogP contribution in [-0.4, -0.2) is 27.0 Å². The highest BCUT2D eigenvalue weighted by atomic mass is 15.1. The number of hydrogen-bond acceptors (Lipinski definition) is 5. The van der Waals surface area contributed by atoms with Gasteiger partial charge in [-0.15, -0.1) is 0 Å². The molecule has 3 N–H and O–H groups in total. The summed E-state index contributed by atoms with van der Waals surface area (Å²) in [5.41, 5.74) is 2.87. The molecule has 0 aliphatic rings. The molecular weight excluding hydrogens is 264 g/mol. The number of aromatic nitrogens is 4. The lowest BCUT2D eigenvalue weighted by atomic mass is 10.1. The van der Waals surface area contributed by atoms with Gasteiger partial charge in [-0.05, 0) is 25.3 Å². The summed E-state index contributed by atoms with van der Waals surface area (Å²) < 4.78 is 0. The summed E-state index contributed by atoms with van der Waals surface area (Å²) in [4.78, 5) is 16.2. The maximum atomic E-state index is 4.38. The number of allylic oxidation sites excluding steroid dienone is 1. The number of nitrogens with one attached hydrogen (secondary N) is 3. The minimum Gasteiger partial charge on any atom is -0.357 e. The second kappa shape index (κ2) is 5.62. The van der Waals surface area contributed by atoms with Crippen LogP contribution in [0.25, 0.3) is 22.2 Å². The number of anilines is 2. The van der Waals surface area contributed by atoms with Crippen LogP contribution in [-0.2, 0) is 0 Å². The highest BCUT2D eigenvalue weighted by Crippen LogP contribution is 2.27. The SMILES string of the molecule is C/C=C/Nc1ccc(-c2c[nH]c3nc(NC)ncc23)cn1. The van der Waals surface area contributed by atoms with Gasteiger partial charge < -0.3 is 15.6 Å². The van der Waals surface area contributed by atoms with Crippen molar-refractivity contribution < 1.29 is 0 Å². The van der Waals surface area contributed by atoms with E-state index < -0.39 is 0 Å². The van der Waals surface area contributed by atoms with Crippen LogP contribution in [0.1, 0.15) is 6.92 Å². The van der Waals surface area contributed by atoms with Crippen LogP contribution in [0, 0.1) is 0 Å². The molecule has 0 saturated heterocycles. The average molecular weight is 280 g/mol. The Morgan fingerprint density at radius 1 is 1.19 bits per heavy atom. The second-order valence-corrected chi connectivity index (χ2v) is 4.48. The molecule has 0 aromatic carbocycles. The van der Waals surface area contributed by atoms with Crippen molar-refractivity contribution in [2.75, 3.05) is 17.7 Å². The van der Waals surface area contributed by atoms with Crippen LogP contribution in [0.3, 0.4) is 0 Å². The monoisotopic (exact) mass is 280 g/mol. The maximum Gasteiger partial charge on any atom is 0.224 e. The predicted molar refractivity (Wildman–Crippen MR) is 85.1 cm³/mol. The Morgan fingerprint density at radius 2 is 2.10 bits per heavy atom. The second-order valence-electron chi connectivity index (χ2n) is 4.48. The van der Waals surface area contributed by atoms with E-state index in [1.54, 1.807) is 7.05 Å². The summed E-state index contributed by atoms with van der Waals surface area (Å²) in [5.74, 6) is 1.41. The molecule has 0 spiro atoms. The zero-order chi connectivity index (χ0) is 14.7. The van der Waals surface area contributed by atoms with E-state index in [9.17, 15) is 0 Å². The largest absolute Gasteiger partial charge is 0.357 e. The third kappa shape index (κ3) is 2.55.